The van der Waals surface area contributed by atoms with Crippen LogP contribution in [0.15, 0.2) is 51.7 Å². The smallest absolute Gasteiger partial charge is 0.327 e. The van der Waals surface area contributed by atoms with Crippen molar-refractivity contribution in [3.05, 3.63) is 74.1 Å². The molecule has 2 heterocycles. The molecule has 0 spiro atoms. The zero-order valence-electron chi connectivity index (χ0n) is 14.5. The van der Waals surface area contributed by atoms with Crippen LogP contribution in [-0.4, -0.2) is 9.55 Å². The summed E-state index contributed by atoms with van der Waals surface area (Å²) in [6.45, 7) is 0.662. The van der Waals surface area contributed by atoms with Crippen molar-refractivity contribution in [2.75, 3.05) is 4.90 Å². The third kappa shape index (κ3) is 2.84. The Morgan fingerprint density at radius 3 is 2.76 bits per heavy atom. The molecule has 1 aromatic heterocycles. The first-order valence-corrected chi connectivity index (χ1v) is 8.99. The maximum absolute atomic E-state index is 12.8. The lowest BCUT2D eigenvalue weighted by Crippen LogP contribution is -2.42. The van der Waals surface area contributed by atoms with Crippen LogP contribution >= 0.6 is 0 Å². The average Bonchev–Trinajstić information content (AvgIpc) is 2.60. The van der Waals surface area contributed by atoms with E-state index in [2.05, 4.69) is 28.1 Å². The van der Waals surface area contributed by atoms with Gasteiger partial charge in [-0.2, -0.15) is 0 Å². The number of nitrogens with zero attached hydrogens (tertiary/aromatic N) is 2. The highest BCUT2D eigenvalue weighted by Crippen LogP contribution is 2.41. The van der Waals surface area contributed by atoms with Crippen LogP contribution in [0.3, 0.4) is 0 Å². The summed E-state index contributed by atoms with van der Waals surface area (Å²) in [6, 6.07) is 10.2. The molecule has 1 N–H and O–H groups in total. The number of fused-ring (bicyclic) bond motifs is 4. The van der Waals surface area contributed by atoms with Crippen molar-refractivity contribution in [2.24, 2.45) is 7.05 Å². The molecule has 0 amide bonds. The van der Waals surface area contributed by atoms with Gasteiger partial charge in [0.1, 0.15) is 5.82 Å². The van der Waals surface area contributed by atoms with Crippen LogP contribution in [0.4, 0.5) is 5.82 Å². The lowest BCUT2D eigenvalue weighted by molar-refractivity contribution is 0.513. The van der Waals surface area contributed by atoms with Crippen LogP contribution in [0.2, 0.25) is 0 Å². The molecule has 4 rings (SSSR count). The van der Waals surface area contributed by atoms with Gasteiger partial charge in [-0.3, -0.25) is 14.3 Å². The van der Waals surface area contributed by atoms with Crippen molar-refractivity contribution >= 4 is 5.82 Å². The Labute approximate surface area is 146 Å². The normalized spacial score (nSPS) is 21.7. The number of nitrogens with one attached hydrogen (secondary N) is 1. The van der Waals surface area contributed by atoms with Gasteiger partial charge in [0.25, 0.3) is 5.56 Å². The van der Waals surface area contributed by atoms with Gasteiger partial charge in [0.05, 0.1) is 5.56 Å². The van der Waals surface area contributed by atoms with E-state index in [0.717, 1.165) is 43.2 Å². The largest absolute Gasteiger partial charge is 0.329 e. The molecule has 2 bridgehead atoms. The van der Waals surface area contributed by atoms with Crippen LogP contribution in [-0.2, 0) is 13.6 Å². The highest BCUT2D eigenvalue weighted by atomic mass is 16.2. The highest BCUT2D eigenvalue weighted by Gasteiger charge is 2.33. The van der Waals surface area contributed by atoms with Gasteiger partial charge >= 0.3 is 5.69 Å². The summed E-state index contributed by atoms with van der Waals surface area (Å²) >= 11 is 0. The molecule has 2 aromatic rings. The van der Waals surface area contributed by atoms with Gasteiger partial charge < -0.3 is 4.90 Å². The molecular weight excluding hydrogens is 314 g/mol. The van der Waals surface area contributed by atoms with Gasteiger partial charge in [-0.15, -0.1) is 0 Å². The number of anilines is 1. The van der Waals surface area contributed by atoms with Gasteiger partial charge in [0.15, 0.2) is 0 Å². The summed E-state index contributed by atoms with van der Waals surface area (Å²) in [5.41, 5.74) is 2.67. The lowest BCUT2D eigenvalue weighted by atomic mass is 9.84. The Kier molecular flexibility index (Phi) is 4.07. The quantitative estimate of drug-likeness (QED) is 0.916. The molecule has 1 unspecified atom stereocenters. The molecule has 0 saturated carbocycles. The predicted octanol–water partition coefficient (Wildman–Crippen LogP) is 3.03. The van der Waals surface area contributed by atoms with Crippen molar-refractivity contribution in [1.29, 1.82) is 0 Å². The molecule has 0 fully saturated rings. The average molecular weight is 337 g/mol. The highest BCUT2D eigenvalue weighted by molar-refractivity contribution is 5.57. The van der Waals surface area contributed by atoms with E-state index in [9.17, 15) is 9.59 Å². The van der Waals surface area contributed by atoms with E-state index in [1.54, 1.807) is 7.05 Å². The summed E-state index contributed by atoms with van der Waals surface area (Å²) < 4.78 is 1.20. The lowest BCUT2D eigenvalue weighted by Gasteiger charge is -2.38. The summed E-state index contributed by atoms with van der Waals surface area (Å²) in [5.74, 6) is 0.894. The van der Waals surface area contributed by atoms with Crippen molar-refractivity contribution < 1.29 is 0 Å². The maximum atomic E-state index is 12.8. The Bertz CT molecular complexity index is 924. The van der Waals surface area contributed by atoms with E-state index < -0.39 is 0 Å². The molecule has 1 aliphatic heterocycles. The molecule has 1 aromatic carbocycles. The number of benzene rings is 1. The van der Waals surface area contributed by atoms with Crippen LogP contribution in [0.1, 0.15) is 49.1 Å². The number of aromatic nitrogens is 2. The number of allylic oxidation sites excluding steroid dienone is 2. The van der Waals surface area contributed by atoms with Crippen molar-refractivity contribution in [1.82, 2.24) is 9.55 Å². The Hall–Kier alpha value is -2.56. The van der Waals surface area contributed by atoms with E-state index in [1.165, 1.54) is 10.3 Å². The first-order chi connectivity index (χ1) is 12.1. The second-order valence-corrected chi connectivity index (χ2v) is 7.01. The van der Waals surface area contributed by atoms with Gasteiger partial charge in [-0.05, 0) is 37.2 Å². The maximum Gasteiger partial charge on any atom is 0.329 e. The monoisotopic (exact) mass is 337 g/mol. The standard InChI is InChI=1S/C20H23N3O2/c1-22-19(24)17-15-10-6-3-7-11-16(12-15)23(18(17)21-20(22)25)13-14-8-4-2-5-9-14/h2,4-5,8-9,11,15H,3,6-7,10,12-13H2,1H3,(H,21,25)/b16-11+. The van der Waals surface area contributed by atoms with E-state index in [-0.39, 0.29) is 17.2 Å². The minimum atomic E-state index is -0.348. The molecule has 5 heteroatoms. The fourth-order valence-electron chi connectivity index (χ4n) is 4.01. The van der Waals surface area contributed by atoms with Crippen LogP contribution < -0.4 is 16.1 Å². The minimum absolute atomic E-state index is 0.151. The Morgan fingerprint density at radius 1 is 1.16 bits per heavy atom. The second kappa shape index (κ2) is 6.39. The summed E-state index contributed by atoms with van der Waals surface area (Å²) in [6.07, 6.45) is 7.49. The number of aromatic amines is 1. The number of hydrogen-bond acceptors (Lipinski definition) is 3. The van der Waals surface area contributed by atoms with Gasteiger partial charge in [0, 0.05) is 19.3 Å². The molecule has 1 aliphatic carbocycles. The van der Waals surface area contributed by atoms with Crippen molar-refractivity contribution in [3.8, 4) is 0 Å². The van der Waals surface area contributed by atoms with Gasteiger partial charge in [0.2, 0.25) is 0 Å². The SMILES string of the molecule is Cn1c(=O)[nH]c2c(c1=O)C1CCCC/C=C(\C1)N2Cc1ccccc1. The van der Waals surface area contributed by atoms with E-state index in [0.29, 0.717) is 12.4 Å². The topological polar surface area (TPSA) is 58.1 Å². The van der Waals surface area contributed by atoms with E-state index >= 15 is 0 Å². The molecule has 0 radical (unpaired) electrons. The van der Waals surface area contributed by atoms with Gasteiger partial charge in [-0.1, -0.05) is 42.8 Å². The fourth-order valence-corrected chi connectivity index (χ4v) is 4.01. The summed E-state index contributed by atoms with van der Waals surface area (Å²) in [5, 5.41) is 0. The zero-order chi connectivity index (χ0) is 17.4. The van der Waals surface area contributed by atoms with Gasteiger partial charge in [-0.25, -0.2) is 4.79 Å². The molecule has 0 saturated heterocycles. The summed E-state index contributed by atoms with van der Waals surface area (Å²) in [7, 11) is 1.55. The third-order valence-electron chi connectivity index (χ3n) is 5.37. The Morgan fingerprint density at radius 2 is 1.96 bits per heavy atom. The van der Waals surface area contributed by atoms with Crippen LogP contribution in [0, 0.1) is 0 Å². The van der Waals surface area contributed by atoms with Crippen LogP contribution in [0.5, 0.6) is 0 Å². The second-order valence-electron chi connectivity index (χ2n) is 7.01. The number of rotatable bonds is 2. The minimum Gasteiger partial charge on any atom is -0.327 e. The molecular formula is C20H23N3O2. The van der Waals surface area contributed by atoms with E-state index in [4.69, 9.17) is 0 Å². The molecule has 25 heavy (non-hydrogen) atoms. The third-order valence-corrected chi connectivity index (χ3v) is 5.37. The summed E-state index contributed by atoms with van der Waals surface area (Å²) in [4.78, 5) is 30.2. The zero-order valence-corrected chi connectivity index (χ0v) is 14.5. The molecule has 130 valence electrons. The first kappa shape index (κ1) is 15.9. The first-order valence-electron chi connectivity index (χ1n) is 8.99. The van der Waals surface area contributed by atoms with Crippen molar-refractivity contribution in [2.45, 2.75) is 44.6 Å². The number of hydrogen-bond donors (Lipinski definition) is 1. The van der Waals surface area contributed by atoms with E-state index in [1.807, 2.05) is 18.2 Å². The number of H-pyrrole nitrogens is 1. The molecule has 2 aliphatic rings. The Balaban J connectivity index is 1.89. The fraction of sp³-hybridized carbons (Fsp3) is 0.400. The predicted molar refractivity (Wildman–Crippen MR) is 98.8 cm³/mol. The van der Waals surface area contributed by atoms with Crippen molar-refractivity contribution in [3.63, 3.8) is 0 Å². The molecule has 1 atom stereocenters. The molecule has 5 nitrogen and oxygen atoms in total. The van der Waals surface area contributed by atoms with Crippen LogP contribution in [0.25, 0.3) is 0 Å².